The Morgan fingerprint density at radius 3 is 2.65 bits per heavy atom. The van der Waals surface area contributed by atoms with Crippen molar-refractivity contribution in [3.63, 3.8) is 0 Å². The number of rotatable bonds is 6. The Kier molecular flexibility index (Phi) is 5.91. The molecule has 3 aromatic heterocycles. The maximum atomic E-state index is 13.6. The summed E-state index contributed by atoms with van der Waals surface area (Å²) >= 11 is 0. The topological polar surface area (TPSA) is 82.2 Å². The van der Waals surface area contributed by atoms with Crippen LogP contribution in [0, 0.1) is 5.82 Å². The second-order valence-electron chi connectivity index (χ2n) is 9.03. The zero-order valence-corrected chi connectivity index (χ0v) is 19.3. The lowest BCUT2D eigenvalue weighted by atomic mass is 9.74. The van der Waals surface area contributed by atoms with Gasteiger partial charge in [0.2, 0.25) is 0 Å². The van der Waals surface area contributed by atoms with Gasteiger partial charge in [-0.1, -0.05) is 12.1 Å². The van der Waals surface area contributed by atoms with Gasteiger partial charge in [-0.05, 0) is 62.6 Å². The predicted molar refractivity (Wildman–Crippen MR) is 126 cm³/mol. The van der Waals surface area contributed by atoms with Crippen molar-refractivity contribution in [2.75, 3.05) is 19.8 Å². The second kappa shape index (κ2) is 9.02. The zero-order valence-electron chi connectivity index (χ0n) is 19.3. The number of nitrogens with one attached hydrogen (secondary N) is 1. The van der Waals surface area contributed by atoms with Gasteiger partial charge in [0.25, 0.3) is 5.91 Å². The molecule has 0 radical (unpaired) electrons. The van der Waals surface area contributed by atoms with Crippen LogP contribution >= 0.6 is 0 Å². The number of carbonyl (C=O) groups is 1. The van der Waals surface area contributed by atoms with E-state index in [-0.39, 0.29) is 23.2 Å². The van der Waals surface area contributed by atoms with Gasteiger partial charge in [-0.2, -0.15) is 5.10 Å². The Morgan fingerprint density at radius 2 is 1.97 bits per heavy atom. The summed E-state index contributed by atoms with van der Waals surface area (Å²) in [7, 11) is 0. The Labute approximate surface area is 196 Å². The maximum Gasteiger partial charge on any atom is 0.252 e. The van der Waals surface area contributed by atoms with Crippen LogP contribution in [-0.2, 0) is 10.2 Å². The molecular weight excluding hydrogens is 435 g/mol. The first-order chi connectivity index (χ1) is 16.5. The van der Waals surface area contributed by atoms with E-state index in [1.165, 1.54) is 12.1 Å². The fraction of sp³-hybridized carbons (Fsp3) is 0.346. The quantitative estimate of drug-likeness (QED) is 0.441. The predicted octanol–water partition coefficient (Wildman–Crippen LogP) is 4.89. The number of hydrogen-bond donors (Lipinski definition) is 1. The van der Waals surface area contributed by atoms with Crippen LogP contribution < -0.4 is 5.32 Å². The summed E-state index contributed by atoms with van der Waals surface area (Å²) in [6.07, 6.45) is 4.76. The standard InChI is InChI=1S/C26H27FN4O3/c1-17(2)31-24-21(15-29-31)20(14-22(30-24)23-4-3-11-34-23)25(32)28-16-26(9-12-33-13-10-26)18-5-7-19(27)8-6-18/h3-8,11,14-15,17H,9-10,12-13,16H2,1-2H3,(H,28,32). The van der Waals surface area contributed by atoms with Gasteiger partial charge in [0, 0.05) is 31.2 Å². The highest BCUT2D eigenvalue weighted by Gasteiger charge is 2.35. The Bertz CT molecular complexity index is 1290. The second-order valence-corrected chi connectivity index (χ2v) is 9.03. The average Bonchev–Trinajstić information content (AvgIpc) is 3.53. The molecule has 1 aliphatic rings. The highest BCUT2D eigenvalue weighted by Crippen LogP contribution is 2.35. The van der Waals surface area contributed by atoms with Crippen LogP contribution in [0.5, 0.6) is 0 Å². The van der Waals surface area contributed by atoms with Crippen molar-refractivity contribution in [3.8, 4) is 11.5 Å². The summed E-state index contributed by atoms with van der Waals surface area (Å²) in [5.41, 5.74) is 2.38. The molecule has 7 nitrogen and oxygen atoms in total. The molecule has 5 rings (SSSR count). The van der Waals surface area contributed by atoms with Gasteiger partial charge in [-0.25, -0.2) is 14.1 Å². The minimum absolute atomic E-state index is 0.0803. The number of amides is 1. The average molecular weight is 463 g/mol. The van der Waals surface area contributed by atoms with Crippen molar-refractivity contribution in [3.05, 3.63) is 71.9 Å². The van der Waals surface area contributed by atoms with E-state index >= 15 is 0 Å². The monoisotopic (exact) mass is 462 g/mol. The van der Waals surface area contributed by atoms with Gasteiger partial charge < -0.3 is 14.5 Å². The molecule has 1 aromatic carbocycles. The molecule has 8 heteroatoms. The highest BCUT2D eigenvalue weighted by molar-refractivity contribution is 6.06. The summed E-state index contributed by atoms with van der Waals surface area (Å²) in [6, 6.07) is 12.0. The van der Waals surface area contributed by atoms with E-state index in [0.717, 1.165) is 18.4 Å². The lowest BCUT2D eigenvalue weighted by molar-refractivity contribution is 0.0487. The van der Waals surface area contributed by atoms with Crippen LogP contribution in [0.3, 0.4) is 0 Å². The molecule has 1 aliphatic heterocycles. The van der Waals surface area contributed by atoms with Crippen molar-refractivity contribution in [2.24, 2.45) is 0 Å². The number of furan rings is 1. The first-order valence-corrected chi connectivity index (χ1v) is 11.5. The van der Waals surface area contributed by atoms with E-state index in [9.17, 15) is 9.18 Å². The summed E-state index contributed by atoms with van der Waals surface area (Å²) < 4.78 is 26.5. The van der Waals surface area contributed by atoms with Crippen molar-refractivity contribution in [2.45, 2.75) is 38.1 Å². The van der Waals surface area contributed by atoms with Crippen molar-refractivity contribution >= 4 is 16.9 Å². The largest absolute Gasteiger partial charge is 0.463 e. The number of benzene rings is 1. The number of aromatic nitrogens is 3. The lowest BCUT2D eigenvalue weighted by Gasteiger charge is -2.38. The normalized spacial score (nSPS) is 15.6. The molecule has 0 atom stereocenters. The van der Waals surface area contributed by atoms with Gasteiger partial charge in [0.15, 0.2) is 11.4 Å². The molecule has 0 unspecified atom stereocenters. The van der Waals surface area contributed by atoms with E-state index in [4.69, 9.17) is 14.1 Å². The van der Waals surface area contributed by atoms with Crippen molar-refractivity contribution in [1.29, 1.82) is 0 Å². The number of halogens is 1. The molecule has 0 spiro atoms. The number of fused-ring (bicyclic) bond motifs is 1. The zero-order chi connectivity index (χ0) is 23.7. The molecule has 34 heavy (non-hydrogen) atoms. The number of carbonyl (C=O) groups excluding carboxylic acids is 1. The van der Waals surface area contributed by atoms with E-state index in [1.54, 1.807) is 41.4 Å². The molecule has 1 N–H and O–H groups in total. The summed E-state index contributed by atoms with van der Waals surface area (Å²) in [5.74, 6) is 0.0953. The molecule has 1 amide bonds. The first-order valence-electron chi connectivity index (χ1n) is 11.5. The smallest absolute Gasteiger partial charge is 0.252 e. The number of ether oxygens (including phenoxy) is 1. The lowest BCUT2D eigenvalue weighted by Crippen LogP contribution is -2.44. The summed E-state index contributed by atoms with van der Waals surface area (Å²) in [4.78, 5) is 18.3. The van der Waals surface area contributed by atoms with E-state index in [0.29, 0.717) is 47.8 Å². The van der Waals surface area contributed by atoms with E-state index in [1.807, 2.05) is 19.9 Å². The van der Waals surface area contributed by atoms with Gasteiger partial charge >= 0.3 is 0 Å². The van der Waals surface area contributed by atoms with Gasteiger partial charge in [0.05, 0.1) is 23.4 Å². The highest BCUT2D eigenvalue weighted by atomic mass is 19.1. The van der Waals surface area contributed by atoms with Gasteiger partial charge in [0.1, 0.15) is 11.5 Å². The molecular formula is C26H27FN4O3. The minimum Gasteiger partial charge on any atom is -0.463 e. The van der Waals surface area contributed by atoms with Crippen LogP contribution in [0.25, 0.3) is 22.5 Å². The maximum absolute atomic E-state index is 13.6. The van der Waals surface area contributed by atoms with Crippen molar-refractivity contribution < 1.29 is 18.3 Å². The van der Waals surface area contributed by atoms with E-state index < -0.39 is 0 Å². The molecule has 0 aliphatic carbocycles. The molecule has 1 fully saturated rings. The number of hydrogen-bond acceptors (Lipinski definition) is 5. The SMILES string of the molecule is CC(C)n1ncc2c(C(=O)NCC3(c4ccc(F)cc4)CCOCC3)cc(-c3ccco3)nc21. The van der Waals surface area contributed by atoms with Gasteiger partial charge in [-0.3, -0.25) is 4.79 Å². The van der Waals surface area contributed by atoms with Crippen LogP contribution in [0.4, 0.5) is 4.39 Å². The molecule has 176 valence electrons. The third kappa shape index (κ3) is 4.09. The summed E-state index contributed by atoms with van der Waals surface area (Å²) in [5, 5.41) is 8.30. The van der Waals surface area contributed by atoms with Crippen LogP contribution in [-0.4, -0.2) is 40.4 Å². The fourth-order valence-electron chi connectivity index (χ4n) is 4.61. The number of pyridine rings is 1. The minimum atomic E-state index is -0.320. The Morgan fingerprint density at radius 1 is 1.21 bits per heavy atom. The molecule has 1 saturated heterocycles. The Balaban J connectivity index is 1.49. The van der Waals surface area contributed by atoms with Gasteiger partial charge in [-0.15, -0.1) is 0 Å². The number of nitrogens with zero attached hydrogens (tertiary/aromatic N) is 3. The molecule has 0 bridgehead atoms. The first kappa shape index (κ1) is 22.3. The Hall–Kier alpha value is -3.52. The van der Waals surface area contributed by atoms with Crippen LogP contribution in [0.15, 0.2) is 59.3 Å². The fourth-order valence-corrected chi connectivity index (χ4v) is 4.61. The van der Waals surface area contributed by atoms with Crippen LogP contribution in [0.2, 0.25) is 0 Å². The van der Waals surface area contributed by atoms with E-state index in [2.05, 4.69) is 10.4 Å². The van der Waals surface area contributed by atoms with Crippen molar-refractivity contribution in [1.82, 2.24) is 20.1 Å². The molecule has 0 saturated carbocycles. The third-order valence-electron chi connectivity index (χ3n) is 6.57. The molecule has 4 heterocycles. The molecule has 4 aromatic rings. The third-order valence-corrected chi connectivity index (χ3v) is 6.57. The van der Waals surface area contributed by atoms with Crippen LogP contribution in [0.1, 0.15) is 48.7 Å². The summed E-state index contributed by atoms with van der Waals surface area (Å²) in [6.45, 7) is 5.64.